The molecular weight excluding hydrogens is 406 g/mol. The first kappa shape index (κ1) is 23.4. The lowest BCUT2D eigenvalue weighted by molar-refractivity contribution is 0.0962. The van der Waals surface area contributed by atoms with Gasteiger partial charge in [0, 0.05) is 38.3 Å². The molecular formula is C23H31N7O2. The Labute approximate surface area is 189 Å². The number of hydrogen-bond donors (Lipinski definition) is 2. The Kier molecular flexibility index (Phi) is 7.62. The first-order chi connectivity index (χ1) is 15.2. The monoisotopic (exact) mass is 437 g/mol. The lowest BCUT2D eigenvalue weighted by Gasteiger charge is -2.32. The fourth-order valence-electron chi connectivity index (χ4n) is 3.12. The number of nitriles is 1. The van der Waals surface area contributed by atoms with E-state index < -0.39 is 0 Å². The maximum Gasteiger partial charge on any atom is 0.269 e. The number of amides is 1. The molecule has 1 aromatic carbocycles. The van der Waals surface area contributed by atoms with Crippen LogP contribution in [0.3, 0.4) is 0 Å². The van der Waals surface area contributed by atoms with E-state index in [0.717, 1.165) is 32.7 Å². The number of nitrogens with zero attached hydrogens (tertiary/aromatic N) is 5. The molecule has 9 heteroatoms. The molecule has 0 unspecified atom stereocenters. The van der Waals surface area contributed by atoms with Crippen molar-refractivity contribution in [3.05, 3.63) is 47.4 Å². The Morgan fingerprint density at radius 2 is 1.88 bits per heavy atom. The molecule has 2 N–H and O–H groups in total. The molecule has 0 spiro atoms. The standard InChI is InChI=1S/C23H31N7O2/c1-23(2,3)16-32-22-19(14-25-20(13-24)26-22)27-28-21(31)18-7-5-17(6-8-18)15-30-11-9-29(4)10-12-30/h5-8,14,27H,9-12,15-16H2,1-4H3,(H,28,31). The molecule has 2 heterocycles. The van der Waals surface area contributed by atoms with Crippen molar-refractivity contribution in [2.75, 3.05) is 45.3 Å². The van der Waals surface area contributed by atoms with Crippen molar-refractivity contribution in [3.63, 3.8) is 0 Å². The van der Waals surface area contributed by atoms with Gasteiger partial charge in [-0.25, -0.2) is 4.98 Å². The van der Waals surface area contributed by atoms with Crippen LogP contribution >= 0.6 is 0 Å². The Bertz CT molecular complexity index is 956. The van der Waals surface area contributed by atoms with Crippen molar-refractivity contribution < 1.29 is 9.53 Å². The largest absolute Gasteiger partial charge is 0.475 e. The third-order valence-corrected chi connectivity index (χ3v) is 5.02. The zero-order chi connectivity index (χ0) is 23.1. The number of benzene rings is 1. The van der Waals surface area contributed by atoms with Gasteiger partial charge in [-0.3, -0.25) is 20.5 Å². The van der Waals surface area contributed by atoms with E-state index in [1.54, 1.807) is 0 Å². The van der Waals surface area contributed by atoms with Gasteiger partial charge in [0.15, 0.2) is 0 Å². The van der Waals surface area contributed by atoms with Crippen molar-refractivity contribution in [2.24, 2.45) is 5.41 Å². The van der Waals surface area contributed by atoms with Crippen LogP contribution in [-0.2, 0) is 6.54 Å². The molecule has 9 nitrogen and oxygen atoms in total. The topological polar surface area (TPSA) is 106 Å². The zero-order valence-electron chi connectivity index (χ0n) is 19.2. The van der Waals surface area contributed by atoms with Gasteiger partial charge in [-0.05, 0) is 30.2 Å². The van der Waals surface area contributed by atoms with Crippen molar-refractivity contribution in [3.8, 4) is 11.9 Å². The summed E-state index contributed by atoms with van der Waals surface area (Å²) < 4.78 is 5.75. The average Bonchev–Trinajstić information content (AvgIpc) is 2.78. The van der Waals surface area contributed by atoms with Crippen molar-refractivity contribution in [1.82, 2.24) is 25.2 Å². The summed E-state index contributed by atoms with van der Waals surface area (Å²) in [7, 11) is 2.14. The molecule has 0 bridgehead atoms. The fraction of sp³-hybridized carbons (Fsp3) is 0.478. The summed E-state index contributed by atoms with van der Waals surface area (Å²) in [6.45, 7) is 11.6. The predicted molar refractivity (Wildman–Crippen MR) is 122 cm³/mol. The molecule has 0 saturated carbocycles. The SMILES string of the molecule is CN1CCN(Cc2ccc(C(=O)NNc3cnc(C#N)nc3OCC(C)(C)C)cc2)CC1. The van der Waals surface area contributed by atoms with E-state index in [-0.39, 0.29) is 23.0 Å². The predicted octanol–water partition coefficient (Wildman–Crippen LogP) is 2.28. The molecule has 32 heavy (non-hydrogen) atoms. The summed E-state index contributed by atoms with van der Waals surface area (Å²) in [4.78, 5) is 25.4. The number of aromatic nitrogens is 2. The molecule has 3 rings (SSSR count). The van der Waals surface area contributed by atoms with Crippen LogP contribution in [0.15, 0.2) is 30.5 Å². The summed E-state index contributed by atoms with van der Waals surface area (Å²) >= 11 is 0. The van der Waals surface area contributed by atoms with Gasteiger partial charge in [0.05, 0.1) is 12.8 Å². The number of nitrogens with one attached hydrogen (secondary N) is 2. The first-order valence-corrected chi connectivity index (χ1v) is 10.7. The highest BCUT2D eigenvalue weighted by Gasteiger charge is 2.17. The van der Waals surface area contributed by atoms with Crippen LogP contribution in [0.1, 0.15) is 42.5 Å². The van der Waals surface area contributed by atoms with Crippen LogP contribution in [0.2, 0.25) is 0 Å². The second-order valence-electron chi connectivity index (χ2n) is 9.23. The summed E-state index contributed by atoms with van der Waals surface area (Å²) in [5, 5.41) is 9.06. The number of carbonyl (C=O) groups is 1. The van der Waals surface area contributed by atoms with Crippen molar-refractivity contribution >= 4 is 11.6 Å². The number of anilines is 1. The maximum atomic E-state index is 12.6. The Morgan fingerprint density at radius 1 is 1.19 bits per heavy atom. The van der Waals surface area contributed by atoms with Gasteiger partial charge in [-0.1, -0.05) is 32.9 Å². The van der Waals surface area contributed by atoms with Crippen LogP contribution in [0.4, 0.5) is 5.69 Å². The number of ether oxygens (including phenoxy) is 1. The highest BCUT2D eigenvalue weighted by Crippen LogP contribution is 2.23. The second kappa shape index (κ2) is 10.4. The number of carbonyl (C=O) groups excluding carboxylic acids is 1. The Morgan fingerprint density at radius 3 is 2.50 bits per heavy atom. The summed E-state index contributed by atoms with van der Waals surface area (Å²) in [6.07, 6.45) is 1.42. The lowest BCUT2D eigenvalue weighted by Crippen LogP contribution is -2.43. The number of hydrazine groups is 1. The van der Waals surface area contributed by atoms with Crippen LogP contribution in [-0.4, -0.2) is 65.5 Å². The molecule has 1 saturated heterocycles. The molecule has 1 fully saturated rings. The van der Waals surface area contributed by atoms with E-state index in [1.807, 2.05) is 51.1 Å². The molecule has 0 radical (unpaired) electrons. The van der Waals surface area contributed by atoms with Crippen LogP contribution < -0.4 is 15.6 Å². The smallest absolute Gasteiger partial charge is 0.269 e. The third-order valence-electron chi connectivity index (χ3n) is 5.02. The molecule has 0 atom stereocenters. The second-order valence-corrected chi connectivity index (χ2v) is 9.23. The minimum Gasteiger partial charge on any atom is -0.475 e. The highest BCUT2D eigenvalue weighted by atomic mass is 16.5. The molecule has 170 valence electrons. The Hall–Kier alpha value is -3.22. The number of likely N-dealkylation sites (N-methyl/N-ethyl adjacent to an activating group) is 1. The average molecular weight is 438 g/mol. The molecule has 1 amide bonds. The normalized spacial score (nSPS) is 15.1. The minimum atomic E-state index is -0.290. The molecule has 1 aliphatic heterocycles. The van der Waals surface area contributed by atoms with E-state index in [4.69, 9.17) is 10.00 Å². The highest BCUT2D eigenvalue weighted by molar-refractivity contribution is 5.95. The number of piperazine rings is 1. The maximum absolute atomic E-state index is 12.6. The number of hydrogen-bond acceptors (Lipinski definition) is 8. The van der Waals surface area contributed by atoms with Crippen LogP contribution in [0.25, 0.3) is 0 Å². The van der Waals surface area contributed by atoms with E-state index in [0.29, 0.717) is 17.9 Å². The summed E-state index contributed by atoms with van der Waals surface area (Å²) in [5.41, 5.74) is 7.46. The number of rotatable bonds is 7. The van der Waals surface area contributed by atoms with Crippen LogP contribution in [0, 0.1) is 16.7 Å². The van der Waals surface area contributed by atoms with Crippen molar-refractivity contribution in [2.45, 2.75) is 27.3 Å². The quantitative estimate of drug-likeness (QED) is 0.636. The molecule has 1 aliphatic rings. The van der Waals surface area contributed by atoms with E-state index in [2.05, 4.69) is 37.7 Å². The van der Waals surface area contributed by atoms with Crippen molar-refractivity contribution in [1.29, 1.82) is 5.26 Å². The summed E-state index contributed by atoms with van der Waals surface area (Å²) in [6, 6.07) is 9.49. The first-order valence-electron chi connectivity index (χ1n) is 10.7. The zero-order valence-corrected chi connectivity index (χ0v) is 19.2. The van der Waals surface area contributed by atoms with Crippen LogP contribution in [0.5, 0.6) is 5.88 Å². The lowest BCUT2D eigenvalue weighted by atomic mass is 9.99. The van der Waals surface area contributed by atoms with Gasteiger partial charge in [0.1, 0.15) is 11.8 Å². The van der Waals surface area contributed by atoms with Gasteiger partial charge in [-0.2, -0.15) is 10.2 Å². The third kappa shape index (κ3) is 6.90. The van der Waals surface area contributed by atoms with E-state index >= 15 is 0 Å². The van der Waals surface area contributed by atoms with Gasteiger partial charge in [-0.15, -0.1) is 0 Å². The van der Waals surface area contributed by atoms with Gasteiger partial charge < -0.3 is 9.64 Å². The fourth-order valence-corrected chi connectivity index (χ4v) is 3.12. The molecule has 2 aromatic rings. The Balaban J connectivity index is 1.58. The minimum absolute atomic E-state index is 0.00160. The summed E-state index contributed by atoms with van der Waals surface area (Å²) in [5.74, 6) is -0.0710. The van der Waals surface area contributed by atoms with Gasteiger partial charge in [0.2, 0.25) is 11.7 Å². The van der Waals surface area contributed by atoms with Gasteiger partial charge in [0.25, 0.3) is 5.91 Å². The van der Waals surface area contributed by atoms with Gasteiger partial charge >= 0.3 is 0 Å². The molecule has 1 aromatic heterocycles. The molecule has 0 aliphatic carbocycles. The van der Waals surface area contributed by atoms with E-state index in [1.165, 1.54) is 11.8 Å². The van der Waals surface area contributed by atoms with E-state index in [9.17, 15) is 4.79 Å².